The molecule has 2 aromatic rings. The largest absolute Gasteiger partial charge is 0.438 e. The minimum atomic E-state index is -0.547. The number of amides is 1. The highest BCUT2D eigenvalue weighted by atomic mass is 19.1. The molecule has 0 aliphatic carbocycles. The number of benzene rings is 1. The molecule has 8 nitrogen and oxygen atoms in total. The summed E-state index contributed by atoms with van der Waals surface area (Å²) in [6, 6.07) is 5.82. The summed E-state index contributed by atoms with van der Waals surface area (Å²) in [5.41, 5.74) is 0.550. The number of halogens is 1. The lowest BCUT2D eigenvalue weighted by atomic mass is 10.2. The maximum Gasteiger partial charge on any atom is 0.438 e. The smallest absolute Gasteiger partial charge is 0.388 e. The second-order valence-corrected chi connectivity index (χ2v) is 7.09. The molecule has 2 heterocycles. The Labute approximate surface area is 162 Å². The summed E-state index contributed by atoms with van der Waals surface area (Å²) in [5, 5.41) is 7.18. The van der Waals surface area contributed by atoms with Gasteiger partial charge in [0.15, 0.2) is 0 Å². The van der Waals surface area contributed by atoms with Gasteiger partial charge >= 0.3 is 5.76 Å². The SMILES string of the molecule is CCC(C)NC(=O)CN1CCN(Cn2nc(-c3ccc(F)cc3)oc2=O)CC1. The van der Waals surface area contributed by atoms with Crippen molar-refractivity contribution in [1.29, 1.82) is 0 Å². The molecule has 0 saturated carbocycles. The molecule has 0 radical (unpaired) electrons. The van der Waals surface area contributed by atoms with E-state index in [1.165, 1.54) is 28.9 Å². The lowest BCUT2D eigenvalue weighted by Crippen LogP contribution is -2.50. The van der Waals surface area contributed by atoms with E-state index >= 15 is 0 Å². The van der Waals surface area contributed by atoms with Gasteiger partial charge in [-0.05, 0) is 37.6 Å². The first-order valence-electron chi connectivity index (χ1n) is 9.52. The number of piperazine rings is 1. The summed E-state index contributed by atoms with van der Waals surface area (Å²) in [6.07, 6.45) is 0.909. The Bertz CT molecular complexity index is 840. The third-order valence-corrected chi connectivity index (χ3v) is 4.88. The number of aromatic nitrogens is 2. The van der Waals surface area contributed by atoms with Crippen molar-refractivity contribution in [1.82, 2.24) is 24.9 Å². The number of nitrogens with one attached hydrogen (secondary N) is 1. The number of carbonyl (C=O) groups is 1. The van der Waals surface area contributed by atoms with E-state index in [4.69, 9.17) is 4.42 Å². The van der Waals surface area contributed by atoms with Crippen molar-refractivity contribution in [3.05, 3.63) is 40.6 Å². The summed E-state index contributed by atoms with van der Waals surface area (Å²) in [5.74, 6) is -0.694. The van der Waals surface area contributed by atoms with E-state index in [2.05, 4.69) is 20.2 Å². The van der Waals surface area contributed by atoms with Crippen LogP contribution in [0.25, 0.3) is 11.5 Å². The molecule has 1 aliphatic rings. The van der Waals surface area contributed by atoms with Crippen LogP contribution in [0.15, 0.2) is 33.5 Å². The molecular weight excluding hydrogens is 365 g/mol. The second kappa shape index (κ2) is 9.11. The van der Waals surface area contributed by atoms with Gasteiger partial charge in [0.2, 0.25) is 11.8 Å². The minimum Gasteiger partial charge on any atom is -0.388 e. The van der Waals surface area contributed by atoms with E-state index in [-0.39, 0.29) is 23.7 Å². The molecule has 0 bridgehead atoms. The van der Waals surface area contributed by atoms with E-state index in [1.54, 1.807) is 0 Å². The molecular formula is C19H26FN5O3. The van der Waals surface area contributed by atoms with Gasteiger partial charge in [-0.2, -0.15) is 4.68 Å². The fourth-order valence-electron chi connectivity index (χ4n) is 3.01. The number of carbonyl (C=O) groups excluding carboxylic acids is 1. The van der Waals surface area contributed by atoms with Crippen LogP contribution in [0.5, 0.6) is 0 Å². The predicted octanol–water partition coefficient (Wildman–Crippen LogP) is 1.13. The van der Waals surface area contributed by atoms with Gasteiger partial charge in [0.05, 0.1) is 6.54 Å². The monoisotopic (exact) mass is 391 g/mol. The number of hydrogen-bond donors (Lipinski definition) is 1. The first kappa shape index (κ1) is 20.2. The van der Waals surface area contributed by atoms with Crippen molar-refractivity contribution < 1.29 is 13.6 Å². The summed E-state index contributed by atoms with van der Waals surface area (Å²) >= 11 is 0. The van der Waals surface area contributed by atoms with Crippen LogP contribution in [0.4, 0.5) is 4.39 Å². The number of hydrogen-bond acceptors (Lipinski definition) is 6. The van der Waals surface area contributed by atoms with Gasteiger partial charge in [0.1, 0.15) is 12.5 Å². The normalized spacial score (nSPS) is 16.8. The highest BCUT2D eigenvalue weighted by molar-refractivity contribution is 5.78. The van der Waals surface area contributed by atoms with E-state index in [9.17, 15) is 14.0 Å². The Hall–Kier alpha value is -2.52. The van der Waals surface area contributed by atoms with E-state index in [0.717, 1.165) is 32.6 Å². The Morgan fingerprint density at radius 3 is 2.50 bits per heavy atom. The number of nitrogens with zero attached hydrogens (tertiary/aromatic N) is 4. The molecule has 1 fully saturated rings. The van der Waals surface area contributed by atoms with Crippen LogP contribution in [0.2, 0.25) is 0 Å². The lowest BCUT2D eigenvalue weighted by molar-refractivity contribution is -0.123. The molecule has 28 heavy (non-hydrogen) atoms. The lowest BCUT2D eigenvalue weighted by Gasteiger charge is -2.33. The van der Waals surface area contributed by atoms with Crippen LogP contribution in [0.1, 0.15) is 20.3 Å². The summed E-state index contributed by atoms with van der Waals surface area (Å²) in [4.78, 5) is 28.2. The molecule has 1 saturated heterocycles. The maximum absolute atomic E-state index is 13.0. The predicted molar refractivity (Wildman–Crippen MR) is 102 cm³/mol. The van der Waals surface area contributed by atoms with E-state index in [0.29, 0.717) is 18.8 Å². The molecule has 1 amide bonds. The maximum atomic E-state index is 13.0. The second-order valence-electron chi connectivity index (χ2n) is 7.09. The van der Waals surface area contributed by atoms with Crippen LogP contribution < -0.4 is 11.1 Å². The van der Waals surface area contributed by atoms with E-state index in [1.807, 2.05) is 13.8 Å². The van der Waals surface area contributed by atoms with Crippen molar-refractivity contribution in [2.24, 2.45) is 0 Å². The van der Waals surface area contributed by atoms with Gasteiger partial charge in [-0.1, -0.05) is 6.92 Å². The third kappa shape index (κ3) is 5.26. The number of rotatable bonds is 7. The highest BCUT2D eigenvalue weighted by Crippen LogP contribution is 2.15. The molecule has 3 rings (SSSR count). The van der Waals surface area contributed by atoms with Crippen molar-refractivity contribution in [2.45, 2.75) is 33.0 Å². The molecule has 152 valence electrons. The summed E-state index contributed by atoms with van der Waals surface area (Å²) in [6.45, 7) is 7.66. The highest BCUT2D eigenvalue weighted by Gasteiger charge is 2.21. The first-order chi connectivity index (χ1) is 13.4. The molecule has 1 unspecified atom stereocenters. The molecule has 1 aromatic carbocycles. The fraction of sp³-hybridized carbons (Fsp3) is 0.526. The zero-order valence-electron chi connectivity index (χ0n) is 16.2. The van der Waals surface area contributed by atoms with Gasteiger partial charge < -0.3 is 9.73 Å². The van der Waals surface area contributed by atoms with Crippen LogP contribution in [0.3, 0.4) is 0 Å². The Morgan fingerprint density at radius 1 is 1.21 bits per heavy atom. The topological polar surface area (TPSA) is 83.6 Å². The van der Waals surface area contributed by atoms with Crippen molar-refractivity contribution >= 4 is 5.91 Å². The molecule has 1 aliphatic heterocycles. The third-order valence-electron chi connectivity index (χ3n) is 4.88. The Kier molecular flexibility index (Phi) is 6.58. The zero-order valence-corrected chi connectivity index (χ0v) is 16.2. The first-order valence-corrected chi connectivity index (χ1v) is 9.52. The Balaban J connectivity index is 1.52. The standard InChI is InChI=1S/C19H26FN5O3/c1-3-14(2)21-17(26)12-23-8-10-24(11-9-23)13-25-19(27)28-18(22-25)15-4-6-16(20)7-5-15/h4-7,14H,3,8-13H2,1-2H3,(H,21,26). The minimum absolute atomic E-state index is 0.0412. The average Bonchev–Trinajstić information content (AvgIpc) is 3.04. The van der Waals surface area contributed by atoms with Gasteiger partial charge in [-0.15, -0.1) is 5.10 Å². The molecule has 0 spiro atoms. The molecule has 1 atom stereocenters. The van der Waals surface area contributed by atoms with Gasteiger partial charge in [-0.25, -0.2) is 9.18 Å². The molecule has 1 aromatic heterocycles. The van der Waals surface area contributed by atoms with Gasteiger partial charge in [0, 0.05) is 37.8 Å². The fourth-order valence-corrected chi connectivity index (χ4v) is 3.01. The average molecular weight is 391 g/mol. The van der Waals surface area contributed by atoms with Crippen LogP contribution >= 0.6 is 0 Å². The van der Waals surface area contributed by atoms with Crippen LogP contribution in [-0.4, -0.2) is 64.3 Å². The van der Waals surface area contributed by atoms with Crippen molar-refractivity contribution in [3.8, 4) is 11.5 Å². The molecule has 9 heteroatoms. The van der Waals surface area contributed by atoms with Gasteiger partial charge in [0.25, 0.3) is 0 Å². The zero-order chi connectivity index (χ0) is 20.1. The summed E-state index contributed by atoms with van der Waals surface area (Å²) in [7, 11) is 0. The molecule has 1 N–H and O–H groups in total. The van der Waals surface area contributed by atoms with Crippen LogP contribution in [-0.2, 0) is 11.5 Å². The quantitative estimate of drug-likeness (QED) is 0.762. The Morgan fingerprint density at radius 2 is 1.86 bits per heavy atom. The van der Waals surface area contributed by atoms with Crippen molar-refractivity contribution in [3.63, 3.8) is 0 Å². The van der Waals surface area contributed by atoms with Crippen LogP contribution in [0, 0.1) is 5.82 Å². The van der Waals surface area contributed by atoms with Crippen molar-refractivity contribution in [2.75, 3.05) is 32.7 Å². The summed E-state index contributed by atoms with van der Waals surface area (Å²) < 4.78 is 19.5. The van der Waals surface area contributed by atoms with E-state index < -0.39 is 5.76 Å². The van der Waals surface area contributed by atoms with Gasteiger partial charge in [-0.3, -0.25) is 14.6 Å².